The van der Waals surface area contributed by atoms with Gasteiger partial charge in [-0.25, -0.2) is 9.37 Å². The summed E-state index contributed by atoms with van der Waals surface area (Å²) >= 11 is 0. The highest BCUT2D eigenvalue weighted by Gasteiger charge is 2.26. The third-order valence-electron chi connectivity index (χ3n) is 6.15. The number of hydrogen-bond donors (Lipinski definition) is 2. The number of alkyl halides is 1. The van der Waals surface area contributed by atoms with Crippen molar-refractivity contribution < 1.29 is 4.39 Å². The van der Waals surface area contributed by atoms with Crippen LogP contribution in [0, 0.1) is 0 Å². The van der Waals surface area contributed by atoms with Crippen molar-refractivity contribution in [1.29, 1.82) is 0 Å². The molecule has 0 aromatic carbocycles. The van der Waals surface area contributed by atoms with Crippen LogP contribution in [0.2, 0.25) is 0 Å². The lowest BCUT2D eigenvalue weighted by molar-refractivity contribution is 0.347. The van der Waals surface area contributed by atoms with Gasteiger partial charge in [-0.05, 0) is 38.5 Å². The first kappa shape index (κ1) is 24.4. The van der Waals surface area contributed by atoms with Crippen LogP contribution in [0.5, 0.6) is 0 Å². The Bertz CT molecular complexity index is 623. The number of rotatable bonds is 6. The molecule has 0 radical (unpaired) electrons. The van der Waals surface area contributed by atoms with Gasteiger partial charge in [0.1, 0.15) is 12.0 Å². The highest BCUT2D eigenvalue weighted by molar-refractivity contribution is 5.85. The third-order valence-corrected chi connectivity index (χ3v) is 6.15. The van der Waals surface area contributed by atoms with Gasteiger partial charge < -0.3 is 20.4 Å². The molecule has 3 fully saturated rings. The molecule has 6 nitrogen and oxygen atoms in total. The average molecular weight is 449 g/mol. The first-order chi connectivity index (χ1) is 13.2. The van der Waals surface area contributed by atoms with Crippen LogP contribution in [0.25, 0.3) is 0 Å². The minimum atomic E-state index is -0.672. The molecular formula is C20H35Cl2FN6. The van der Waals surface area contributed by atoms with Crippen molar-refractivity contribution in [2.24, 2.45) is 0 Å². The molecule has 1 aromatic heterocycles. The number of anilines is 2. The van der Waals surface area contributed by atoms with Crippen molar-refractivity contribution in [3.05, 3.63) is 11.8 Å². The van der Waals surface area contributed by atoms with Crippen LogP contribution < -0.4 is 20.4 Å². The summed E-state index contributed by atoms with van der Waals surface area (Å²) in [7, 11) is 0. The van der Waals surface area contributed by atoms with Crippen molar-refractivity contribution in [1.82, 2.24) is 20.6 Å². The van der Waals surface area contributed by atoms with Crippen LogP contribution in [0.3, 0.4) is 0 Å². The van der Waals surface area contributed by atoms with Crippen molar-refractivity contribution in [2.75, 3.05) is 49.1 Å². The van der Waals surface area contributed by atoms with Gasteiger partial charge in [0.15, 0.2) is 0 Å². The van der Waals surface area contributed by atoms with E-state index < -0.39 is 6.17 Å². The van der Waals surface area contributed by atoms with Gasteiger partial charge in [-0.1, -0.05) is 6.92 Å². The van der Waals surface area contributed by atoms with E-state index >= 15 is 0 Å². The molecule has 9 heteroatoms. The predicted octanol–water partition coefficient (Wildman–Crippen LogP) is 2.74. The predicted molar refractivity (Wildman–Crippen MR) is 122 cm³/mol. The fourth-order valence-electron chi connectivity index (χ4n) is 4.42. The molecule has 0 bridgehead atoms. The van der Waals surface area contributed by atoms with Gasteiger partial charge >= 0.3 is 0 Å². The van der Waals surface area contributed by atoms with Crippen molar-refractivity contribution >= 4 is 36.6 Å². The van der Waals surface area contributed by atoms with Gasteiger partial charge in [0.2, 0.25) is 5.95 Å². The first-order valence-electron chi connectivity index (χ1n) is 10.7. The standard InChI is InChI=1S/C20H33FN6.2ClH/c1-2-16-12-19(25-20(24-16)27-7-3-4-8-27)26-9-5-17(6-10-26)23-14-18-11-15(21)13-22-18;;/h12,15,17-18,22-23H,2-11,13-14H2,1H3;2*1H/t15-,18-;;/m0../s1. The van der Waals surface area contributed by atoms with E-state index in [1.165, 1.54) is 12.8 Å². The minimum absolute atomic E-state index is 0. The molecule has 3 aliphatic rings. The molecule has 29 heavy (non-hydrogen) atoms. The van der Waals surface area contributed by atoms with E-state index in [-0.39, 0.29) is 30.9 Å². The Labute approximate surface area is 186 Å². The molecule has 166 valence electrons. The summed E-state index contributed by atoms with van der Waals surface area (Å²) in [5, 5.41) is 6.89. The van der Waals surface area contributed by atoms with E-state index in [9.17, 15) is 4.39 Å². The molecule has 4 heterocycles. The number of aryl methyl sites for hydroxylation is 1. The summed E-state index contributed by atoms with van der Waals surface area (Å²) in [5.74, 6) is 2.00. The number of hydrogen-bond acceptors (Lipinski definition) is 6. The van der Waals surface area contributed by atoms with Gasteiger partial charge in [-0.15, -0.1) is 24.8 Å². The van der Waals surface area contributed by atoms with Crippen molar-refractivity contribution in [2.45, 2.75) is 63.7 Å². The maximum Gasteiger partial charge on any atom is 0.227 e. The summed E-state index contributed by atoms with van der Waals surface area (Å²) in [6, 6.07) is 2.97. The monoisotopic (exact) mass is 448 g/mol. The number of nitrogens with zero attached hydrogens (tertiary/aromatic N) is 4. The molecule has 3 saturated heterocycles. The largest absolute Gasteiger partial charge is 0.356 e. The highest BCUT2D eigenvalue weighted by atomic mass is 35.5. The van der Waals surface area contributed by atoms with Crippen LogP contribution in [0.4, 0.5) is 16.2 Å². The zero-order valence-corrected chi connectivity index (χ0v) is 18.9. The maximum atomic E-state index is 13.3. The zero-order chi connectivity index (χ0) is 18.6. The molecule has 3 aliphatic heterocycles. The number of nitrogens with one attached hydrogen (secondary N) is 2. The summed E-state index contributed by atoms with van der Waals surface area (Å²) in [6.07, 6.45) is 5.61. The zero-order valence-electron chi connectivity index (χ0n) is 17.3. The molecule has 0 amide bonds. The lowest BCUT2D eigenvalue weighted by Crippen LogP contribution is -2.46. The third kappa shape index (κ3) is 6.29. The smallest absolute Gasteiger partial charge is 0.227 e. The fraction of sp³-hybridized carbons (Fsp3) is 0.800. The van der Waals surface area contributed by atoms with Crippen molar-refractivity contribution in [3.8, 4) is 0 Å². The highest BCUT2D eigenvalue weighted by Crippen LogP contribution is 2.24. The van der Waals surface area contributed by atoms with Crippen LogP contribution >= 0.6 is 24.8 Å². The first-order valence-corrected chi connectivity index (χ1v) is 10.7. The van der Waals surface area contributed by atoms with E-state index in [4.69, 9.17) is 9.97 Å². The molecule has 4 rings (SSSR count). The second-order valence-corrected chi connectivity index (χ2v) is 8.17. The lowest BCUT2D eigenvalue weighted by atomic mass is 10.0. The Kier molecular flexibility index (Phi) is 9.66. The van der Waals surface area contributed by atoms with Gasteiger partial charge in [-0.2, -0.15) is 4.98 Å². The topological polar surface area (TPSA) is 56.3 Å². The van der Waals surface area contributed by atoms with Crippen molar-refractivity contribution in [3.63, 3.8) is 0 Å². The van der Waals surface area contributed by atoms with Gasteiger partial charge in [0.25, 0.3) is 0 Å². The van der Waals surface area contributed by atoms with Crippen LogP contribution in [-0.2, 0) is 6.42 Å². The summed E-state index contributed by atoms with van der Waals surface area (Å²) in [5.41, 5.74) is 1.13. The molecule has 2 N–H and O–H groups in total. The number of halogens is 3. The molecular weight excluding hydrogens is 414 g/mol. The second kappa shape index (κ2) is 11.5. The van der Waals surface area contributed by atoms with E-state index in [0.717, 1.165) is 69.4 Å². The van der Waals surface area contributed by atoms with Crippen LogP contribution in [-0.4, -0.2) is 67.5 Å². The Balaban J connectivity index is 0.00000150. The summed E-state index contributed by atoms with van der Waals surface area (Å²) in [4.78, 5) is 14.4. The van der Waals surface area contributed by atoms with E-state index in [2.05, 4.69) is 33.4 Å². The van der Waals surface area contributed by atoms with Crippen LogP contribution in [0.15, 0.2) is 6.07 Å². The molecule has 0 saturated carbocycles. The summed E-state index contributed by atoms with van der Waals surface area (Å²) in [6.45, 7) is 7.73. The second-order valence-electron chi connectivity index (χ2n) is 8.17. The minimum Gasteiger partial charge on any atom is -0.356 e. The Hall–Kier alpha value is -0.890. The van der Waals surface area contributed by atoms with Gasteiger partial charge in [0, 0.05) is 63.1 Å². The number of piperidine rings is 1. The Morgan fingerprint density at radius 2 is 1.83 bits per heavy atom. The SMILES string of the molecule is CCc1cc(N2CCC(NC[C@@H]3C[C@H](F)CN3)CC2)nc(N2CCCC2)n1.Cl.Cl. The van der Waals surface area contributed by atoms with Gasteiger partial charge in [-0.3, -0.25) is 0 Å². The number of aromatic nitrogens is 2. The molecule has 0 aliphatic carbocycles. The normalized spacial score (nSPS) is 25.0. The average Bonchev–Trinajstić information content (AvgIpc) is 3.38. The molecule has 0 spiro atoms. The summed E-state index contributed by atoms with van der Waals surface area (Å²) < 4.78 is 13.3. The maximum absolute atomic E-state index is 13.3. The molecule has 2 atom stereocenters. The molecule has 0 unspecified atom stereocenters. The van der Waals surface area contributed by atoms with Crippen LogP contribution in [0.1, 0.15) is 44.7 Å². The lowest BCUT2D eigenvalue weighted by Gasteiger charge is -2.34. The van der Waals surface area contributed by atoms with Gasteiger partial charge in [0.05, 0.1) is 0 Å². The van der Waals surface area contributed by atoms with E-state index in [0.29, 0.717) is 19.0 Å². The fourth-order valence-corrected chi connectivity index (χ4v) is 4.42. The Morgan fingerprint density at radius 3 is 2.45 bits per heavy atom. The van der Waals surface area contributed by atoms with E-state index in [1.807, 2.05) is 0 Å². The van der Waals surface area contributed by atoms with E-state index in [1.54, 1.807) is 0 Å². The molecule has 1 aromatic rings. The quantitative estimate of drug-likeness (QED) is 0.697. The Morgan fingerprint density at radius 1 is 1.10 bits per heavy atom.